The third-order valence-electron chi connectivity index (χ3n) is 3.26. The van der Waals surface area contributed by atoms with Gasteiger partial charge in [-0.2, -0.15) is 0 Å². The van der Waals surface area contributed by atoms with Crippen LogP contribution in [0.25, 0.3) is 0 Å². The maximum absolute atomic E-state index is 12.2. The van der Waals surface area contributed by atoms with E-state index in [4.69, 9.17) is 9.84 Å². The largest absolute Gasteiger partial charge is 0.478 e. The van der Waals surface area contributed by atoms with Crippen LogP contribution < -0.4 is 0 Å². The Morgan fingerprint density at radius 2 is 1.79 bits per heavy atom. The van der Waals surface area contributed by atoms with Gasteiger partial charge in [-0.3, -0.25) is 0 Å². The number of hydrogen-bond acceptors (Lipinski definition) is 4. The van der Waals surface area contributed by atoms with Crippen LogP contribution in [-0.4, -0.2) is 38.5 Å². The van der Waals surface area contributed by atoms with E-state index in [0.717, 1.165) is 12.8 Å². The van der Waals surface area contributed by atoms with Crippen LogP contribution in [0.4, 0.5) is 0 Å². The minimum Gasteiger partial charge on any atom is -0.478 e. The van der Waals surface area contributed by atoms with Gasteiger partial charge in [0.15, 0.2) is 9.84 Å². The molecule has 0 spiro atoms. The second-order valence-corrected chi connectivity index (χ2v) is 6.70. The molecule has 6 heteroatoms. The van der Waals surface area contributed by atoms with Crippen LogP contribution in [0.1, 0.15) is 23.2 Å². The number of hydrogen-bond donors (Lipinski definition) is 1. The summed E-state index contributed by atoms with van der Waals surface area (Å²) in [5.74, 6) is -0.839. The van der Waals surface area contributed by atoms with Gasteiger partial charge in [-0.15, -0.1) is 0 Å². The molecule has 0 aliphatic carbocycles. The molecule has 5 nitrogen and oxygen atoms in total. The number of aromatic carboxylic acids is 1. The van der Waals surface area contributed by atoms with Crippen LogP contribution in [0, 0.1) is 5.92 Å². The van der Waals surface area contributed by atoms with Crippen LogP contribution in [0.3, 0.4) is 0 Å². The van der Waals surface area contributed by atoms with E-state index in [-0.39, 0.29) is 22.1 Å². The predicted molar refractivity (Wildman–Crippen MR) is 69.0 cm³/mol. The Hall–Kier alpha value is -1.40. The molecule has 1 fully saturated rings. The van der Waals surface area contributed by atoms with Gasteiger partial charge in [0.05, 0.1) is 16.2 Å². The van der Waals surface area contributed by atoms with Crippen molar-refractivity contribution in [1.29, 1.82) is 0 Å². The van der Waals surface area contributed by atoms with E-state index in [2.05, 4.69) is 0 Å². The van der Waals surface area contributed by atoms with E-state index in [0.29, 0.717) is 13.2 Å². The number of ether oxygens (including phenoxy) is 1. The molecule has 0 amide bonds. The van der Waals surface area contributed by atoms with Crippen molar-refractivity contribution in [2.45, 2.75) is 17.7 Å². The van der Waals surface area contributed by atoms with Gasteiger partial charge >= 0.3 is 5.97 Å². The lowest BCUT2D eigenvalue weighted by atomic mass is 10.0. The SMILES string of the molecule is O=C(O)c1ccc(S(=O)(=O)CC2CCOCC2)cc1. The Bertz CT molecular complexity index is 541. The van der Waals surface area contributed by atoms with Gasteiger partial charge in [0.1, 0.15) is 0 Å². The van der Waals surface area contributed by atoms with Crippen molar-refractivity contribution in [3.05, 3.63) is 29.8 Å². The summed E-state index contributed by atoms with van der Waals surface area (Å²) in [4.78, 5) is 10.9. The van der Waals surface area contributed by atoms with E-state index in [9.17, 15) is 13.2 Å². The minimum atomic E-state index is -3.35. The first-order valence-corrected chi connectivity index (χ1v) is 7.78. The van der Waals surface area contributed by atoms with E-state index in [1.807, 2.05) is 0 Å². The molecule has 0 radical (unpaired) electrons. The molecule has 0 aromatic heterocycles. The zero-order chi connectivity index (χ0) is 13.9. The molecule has 1 aliphatic rings. The summed E-state index contributed by atoms with van der Waals surface area (Å²) in [6.07, 6.45) is 1.51. The smallest absolute Gasteiger partial charge is 0.335 e. The summed E-state index contributed by atoms with van der Waals surface area (Å²) in [6.45, 7) is 1.22. The molecule has 19 heavy (non-hydrogen) atoms. The molecule has 1 aromatic carbocycles. The van der Waals surface area contributed by atoms with Gasteiger partial charge in [-0.05, 0) is 43.0 Å². The van der Waals surface area contributed by atoms with E-state index >= 15 is 0 Å². The van der Waals surface area contributed by atoms with Crippen LogP contribution >= 0.6 is 0 Å². The highest BCUT2D eigenvalue weighted by Gasteiger charge is 2.23. The lowest BCUT2D eigenvalue weighted by Gasteiger charge is -2.21. The van der Waals surface area contributed by atoms with Gasteiger partial charge in [0.2, 0.25) is 0 Å². The van der Waals surface area contributed by atoms with E-state index in [1.54, 1.807) is 0 Å². The van der Waals surface area contributed by atoms with Crippen molar-refractivity contribution >= 4 is 15.8 Å². The van der Waals surface area contributed by atoms with Crippen molar-refractivity contribution in [2.24, 2.45) is 5.92 Å². The number of rotatable bonds is 4. The third-order valence-corrected chi connectivity index (χ3v) is 5.16. The first-order chi connectivity index (χ1) is 8.99. The first-order valence-electron chi connectivity index (χ1n) is 6.13. The Balaban J connectivity index is 2.12. The summed E-state index contributed by atoms with van der Waals surface area (Å²) in [5.41, 5.74) is 0.0880. The quantitative estimate of drug-likeness (QED) is 0.908. The molecule has 0 atom stereocenters. The second-order valence-electron chi connectivity index (χ2n) is 4.67. The van der Waals surface area contributed by atoms with Crippen molar-refractivity contribution in [2.75, 3.05) is 19.0 Å². The van der Waals surface area contributed by atoms with Crippen LogP contribution in [0.15, 0.2) is 29.2 Å². The number of benzene rings is 1. The zero-order valence-corrected chi connectivity index (χ0v) is 11.2. The summed E-state index contributed by atoms with van der Waals surface area (Å²) < 4.78 is 29.6. The van der Waals surface area contributed by atoms with Gasteiger partial charge in [-0.1, -0.05) is 0 Å². The fourth-order valence-corrected chi connectivity index (χ4v) is 3.82. The maximum Gasteiger partial charge on any atom is 0.335 e. The number of sulfone groups is 1. The Labute approximate surface area is 112 Å². The molecule has 1 saturated heterocycles. The molecule has 2 rings (SSSR count). The van der Waals surface area contributed by atoms with Crippen LogP contribution in [0.5, 0.6) is 0 Å². The van der Waals surface area contributed by atoms with E-state index in [1.165, 1.54) is 24.3 Å². The molecule has 104 valence electrons. The van der Waals surface area contributed by atoms with Crippen molar-refractivity contribution in [3.8, 4) is 0 Å². The predicted octanol–water partition coefficient (Wildman–Crippen LogP) is 1.59. The summed E-state index contributed by atoms with van der Waals surface area (Å²) in [7, 11) is -3.35. The lowest BCUT2D eigenvalue weighted by molar-refractivity contribution is 0.0696. The summed E-state index contributed by atoms with van der Waals surface area (Å²) in [5, 5.41) is 8.78. The molecule has 1 aromatic rings. The lowest BCUT2D eigenvalue weighted by Crippen LogP contribution is -2.23. The van der Waals surface area contributed by atoms with Gasteiger partial charge in [-0.25, -0.2) is 13.2 Å². The van der Waals surface area contributed by atoms with Crippen molar-refractivity contribution < 1.29 is 23.1 Å². The fraction of sp³-hybridized carbons (Fsp3) is 0.462. The Kier molecular flexibility index (Phi) is 4.21. The van der Waals surface area contributed by atoms with Crippen molar-refractivity contribution in [1.82, 2.24) is 0 Å². The second kappa shape index (κ2) is 5.71. The number of carbonyl (C=O) groups is 1. The topological polar surface area (TPSA) is 80.7 Å². The van der Waals surface area contributed by atoms with Gasteiger partial charge in [0, 0.05) is 13.2 Å². The van der Waals surface area contributed by atoms with Gasteiger partial charge in [0.25, 0.3) is 0 Å². The average molecular weight is 284 g/mol. The molecule has 0 saturated carbocycles. The molecular formula is C13H16O5S. The van der Waals surface area contributed by atoms with Gasteiger partial charge < -0.3 is 9.84 Å². The summed E-state index contributed by atoms with van der Waals surface area (Å²) >= 11 is 0. The normalized spacial score (nSPS) is 17.3. The molecule has 1 aliphatic heterocycles. The monoisotopic (exact) mass is 284 g/mol. The average Bonchev–Trinajstić information content (AvgIpc) is 2.39. The molecule has 0 bridgehead atoms. The van der Waals surface area contributed by atoms with E-state index < -0.39 is 15.8 Å². The fourth-order valence-electron chi connectivity index (χ4n) is 2.12. The standard InChI is InChI=1S/C13H16O5S/c14-13(15)11-1-3-12(4-2-11)19(16,17)9-10-5-7-18-8-6-10/h1-4,10H,5-9H2,(H,14,15). The molecular weight excluding hydrogens is 268 g/mol. The van der Waals surface area contributed by atoms with Crippen LogP contribution in [-0.2, 0) is 14.6 Å². The molecule has 1 N–H and O–H groups in total. The Morgan fingerprint density at radius 1 is 1.21 bits per heavy atom. The highest BCUT2D eigenvalue weighted by atomic mass is 32.2. The molecule has 1 heterocycles. The number of carboxylic acid groups (broad SMARTS) is 1. The maximum atomic E-state index is 12.2. The van der Waals surface area contributed by atoms with Crippen LogP contribution in [0.2, 0.25) is 0 Å². The Morgan fingerprint density at radius 3 is 2.32 bits per heavy atom. The summed E-state index contributed by atoms with van der Waals surface area (Å²) in [6, 6.07) is 5.36. The minimum absolute atomic E-state index is 0.0880. The molecule has 0 unspecified atom stereocenters. The highest BCUT2D eigenvalue weighted by molar-refractivity contribution is 7.91. The first kappa shape index (κ1) is 14.0. The third kappa shape index (κ3) is 3.54. The van der Waals surface area contributed by atoms with Crippen molar-refractivity contribution in [3.63, 3.8) is 0 Å². The highest BCUT2D eigenvalue weighted by Crippen LogP contribution is 2.21. The zero-order valence-electron chi connectivity index (χ0n) is 10.4. The number of carboxylic acids is 1.